The Morgan fingerprint density at radius 2 is 1.95 bits per heavy atom. The van der Waals surface area contributed by atoms with E-state index in [9.17, 15) is 23.4 Å². The van der Waals surface area contributed by atoms with Crippen LogP contribution in [0.3, 0.4) is 0 Å². The summed E-state index contributed by atoms with van der Waals surface area (Å²) in [6.07, 6.45) is -0.144. The zero-order valence-electron chi connectivity index (χ0n) is 20.0. The number of halogens is 4. The highest BCUT2D eigenvalue weighted by Crippen LogP contribution is 2.39. The van der Waals surface area contributed by atoms with E-state index < -0.39 is 48.4 Å². The van der Waals surface area contributed by atoms with Crippen LogP contribution in [0, 0.1) is 24.4 Å². The summed E-state index contributed by atoms with van der Waals surface area (Å²) in [5.41, 5.74) is 1.34. The molecule has 4 atom stereocenters. The van der Waals surface area contributed by atoms with E-state index in [-0.39, 0.29) is 17.7 Å². The summed E-state index contributed by atoms with van der Waals surface area (Å²) in [6.45, 7) is 1.39. The van der Waals surface area contributed by atoms with Crippen molar-refractivity contribution in [2.45, 2.75) is 37.7 Å². The number of aliphatic hydroxyl groups excluding tert-OH is 2. The van der Waals surface area contributed by atoms with E-state index >= 15 is 0 Å². The van der Waals surface area contributed by atoms with Gasteiger partial charge in [-0.05, 0) is 31.2 Å². The molecule has 0 spiro atoms. The number of hydrogen-bond acceptors (Lipinski definition) is 9. The van der Waals surface area contributed by atoms with Crippen LogP contribution >= 0.6 is 22.9 Å². The first-order valence-electron chi connectivity index (χ1n) is 11.7. The van der Waals surface area contributed by atoms with Gasteiger partial charge in [0.05, 0.1) is 44.8 Å². The Bertz CT molecular complexity index is 1670. The molecule has 3 aromatic heterocycles. The molecule has 0 radical (unpaired) electrons. The van der Waals surface area contributed by atoms with Crippen molar-refractivity contribution >= 4 is 33.2 Å². The summed E-state index contributed by atoms with van der Waals surface area (Å²) >= 11 is 8.07. The van der Waals surface area contributed by atoms with Crippen LogP contribution in [-0.4, -0.2) is 63.8 Å². The number of aliphatic hydroxyl groups is 2. The highest BCUT2D eigenvalue weighted by molar-refractivity contribution is 7.18. The summed E-state index contributed by atoms with van der Waals surface area (Å²) in [6, 6.07) is 4.43. The topological polar surface area (TPSA) is 124 Å². The fraction of sp³-hybridized carbons (Fsp3) is 0.292. The van der Waals surface area contributed by atoms with Crippen molar-refractivity contribution in [3.05, 3.63) is 70.1 Å². The second kappa shape index (κ2) is 9.95. The highest BCUT2D eigenvalue weighted by atomic mass is 35.5. The van der Waals surface area contributed by atoms with E-state index in [0.29, 0.717) is 16.5 Å². The largest absolute Gasteiger partial charge is 0.394 e. The molecule has 1 fully saturated rings. The lowest BCUT2D eigenvalue weighted by atomic mass is 9.95. The zero-order valence-corrected chi connectivity index (χ0v) is 21.6. The molecule has 2 N–H and O–H groups in total. The first-order chi connectivity index (χ1) is 18.7. The molecule has 4 heterocycles. The summed E-state index contributed by atoms with van der Waals surface area (Å²) in [5, 5.41) is 34.5. The van der Waals surface area contributed by atoms with Crippen LogP contribution in [0.1, 0.15) is 29.4 Å². The molecule has 1 aliphatic rings. The lowest BCUT2D eigenvalue weighted by Crippen LogP contribution is -2.45. The summed E-state index contributed by atoms with van der Waals surface area (Å²) in [7, 11) is 0. The molecule has 0 aliphatic carbocycles. The zero-order chi connectivity index (χ0) is 27.4. The monoisotopic (exact) mass is 577 g/mol. The maximum absolute atomic E-state index is 13.8. The molecule has 5 aromatic rings. The van der Waals surface area contributed by atoms with E-state index in [1.165, 1.54) is 33.2 Å². The Balaban J connectivity index is 1.34. The maximum Gasteiger partial charge on any atom is 0.194 e. The Hall–Kier alpha value is -3.43. The summed E-state index contributed by atoms with van der Waals surface area (Å²) in [5.74, 6) is -3.95. The van der Waals surface area contributed by atoms with Gasteiger partial charge in [0.2, 0.25) is 0 Å². The minimum atomic E-state index is -1.59. The summed E-state index contributed by atoms with van der Waals surface area (Å²) < 4.78 is 50.7. The molecule has 39 heavy (non-hydrogen) atoms. The maximum atomic E-state index is 13.8. The van der Waals surface area contributed by atoms with Gasteiger partial charge in [-0.25, -0.2) is 32.5 Å². The third-order valence-corrected chi connectivity index (χ3v) is 7.77. The van der Waals surface area contributed by atoms with Crippen molar-refractivity contribution in [3.63, 3.8) is 0 Å². The Kier molecular flexibility index (Phi) is 6.59. The number of benzene rings is 2. The number of fused-ring (bicyclic) bond motifs is 1. The smallest absolute Gasteiger partial charge is 0.194 e. The van der Waals surface area contributed by atoms with Gasteiger partial charge < -0.3 is 14.9 Å². The quantitative estimate of drug-likeness (QED) is 0.301. The third kappa shape index (κ3) is 4.57. The van der Waals surface area contributed by atoms with E-state index in [1.54, 1.807) is 6.07 Å². The molecule has 0 amide bonds. The van der Waals surface area contributed by atoms with Crippen LogP contribution in [-0.2, 0) is 4.74 Å². The van der Waals surface area contributed by atoms with Gasteiger partial charge in [0.1, 0.15) is 30.3 Å². The predicted octanol–water partition coefficient (Wildman–Crippen LogP) is 3.94. The van der Waals surface area contributed by atoms with Gasteiger partial charge in [-0.15, -0.1) is 16.4 Å². The van der Waals surface area contributed by atoms with Crippen LogP contribution < -0.4 is 0 Å². The van der Waals surface area contributed by atoms with E-state index in [0.717, 1.165) is 27.4 Å². The number of hydrogen-bond donors (Lipinski definition) is 2. The molecule has 2 aromatic carbocycles. The number of aryl methyl sites for hydroxylation is 1. The number of thiazole rings is 1. The van der Waals surface area contributed by atoms with Crippen molar-refractivity contribution in [2.24, 2.45) is 0 Å². The molecule has 10 nitrogen and oxygen atoms in total. The standard InChI is InChI=1S/C24H19ClF3N7O3S/c1-10-31-15-4-12(25)17(6-21(15)39-10)35-24(29-9-30-35)19-5-18(23(37)20(8-36)38-19)34-7-16(32-33-34)11-2-13(26)22(28)14(27)3-11/h2-4,6-7,9,18-20,23,36-37H,5,8H2,1H3/t18-,19-,20-,23-/m1/s1. The second-order valence-electron chi connectivity index (χ2n) is 9.01. The van der Waals surface area contributed by atoms with Crippen molar-refractivity contribution < 1.29 is 28.1 Å². The number of nitrogens with zero attached hydrogens (tertiary/aromatic N) is 7. The number of ether oxygens (including phenoxy) is 1. The minimum Gasteiger partial charge on any atom is -0.394 e. The first-order valence-corrected chi connectivity index (χ1v) is 12.9. The van der Waals surface area contributed by atoms with Gasteiger partial charge >= 0.3 is 0 Å². The average Bonchev–Trinajstić information content (AvgIpc) is 3.66. The lowest BCUT2D eigenvalue weighted by Gasteiger charge is -2.38. The van der Waals surface area contributed by atoms with Gasteiger partial charge in [-0.3, -0.25) is 0 Å². The van der Waals surface area contributed by atoms with Gasteiger partial charge in [0.15, 0.2) is 23.3 Å². The van der Waals surface area contributed by atoms with Crippen LogP contribution in [0.4, 0.5) is 13.2 Å². The Morgan fingerprint density at radius 3 is 2.69 bits per heavy atom. The van der Waals surface area contributed by atoms with Crippen molar-refractivity contribution in [1.82, 2.24) is 34.7 Å². The second-order valence-corrected chi connectivity index (χ2v) is 10.7. The van der Waals surface area contributed by atoms with Crippen molar-refractivity contribution in [1.29, 1.82) is 0 Å². The molecule has 0 bridgehead atoms. The molecule has 0 saturated carbocycles. The van der Waals surface area contributed by atoms with Crippen LogP contribution in [0.25, 0.3) is 27.2 Å². The van der Waals surface area contributed by atoms with Gasteiger partial charge in [-0.2, -0.15) is 5.10 Å². The first kappa shape index (κ1) is 25.8. The normalized spacial score (nSPS) is 21.6. The van der Waals surface area contributed by atoms with Crippen molar-refractivity contribution in [3.8, 4) is 16.9 Å². The third-order valence-electron chi connectivity index (χ3n) is 6.53. The van der Waals surface area contributed by atoms with E-state index in [1.807, 2.05) is 13.0 Å². The summed E-state index contributed by atoms with van der Waals surface area (Å²) in [4.78, 5) is 8.83. The number of aromatic nitrogens is 7. The van der Waals surface area contributed by atoms with Crippen molar-refractivity contribution in [2.75, 3.05) is 6.61 Å². The minimum absolute atomic E-state index is 0.0301. The van der Waals surface area contributed by atoms with Crippen LogP contribution in [0.15, 0.2) is 36.8 Å². The molecular formula is C24H19ClF3N7O3S. The van der Waals surface area contributed by atoms with Crippen LogP contribution in [0.2, 0.25) is 5.02 Å². The lowest BCUT2D eigenvalue weighted by molar-refractivity contribution is -0.161. The molecular weight excluding hydrogens is 559 g/mol. The molecule has 0 unspecified atom stereocenters. The fourth-order valence-corrected chi connectivity index (χ4v) is 5.76. The SMILES string of the molecule is Cc1nc2cc(Cl)c(-n3ncnc3[C@H]3C[C@@H](n4cc(-c5cc(F)c(F)c(F)c5)nn4)[C@@H](O)[C@@H](CO)O3)cc2s1. The molecule has 6 rings (SSSR count). The average molecular weight is 578 g/mol. The van der Waals surface area contributed by atoms with Gasteiger partial charge in [0, 0.05) is 12.0 Å². The van der Waals surface area contributed by atoms with E-state index in [2.05, 4.69) is 25.4 Å². The molecule has 1 saturated heterocycles. The molecule has 1 aliphatic heterocycles. The molecule has 15 heteroatoms. The number of rotatable bonds is 5. The molecule has 202 valence electrons. The van der Waals surface area contributed by atoms with E-state index in [4.69, 9.17) is 16.3 Å². The highest BCUT2D eigenvalue weighted by Gasteiger charge is 2.41. The Labute approximate surface area is 227 Å². The Morgan fingerprint density at radius 1 is 1.18 bits per heavy atom. The van der Waals surface area contributed by atoms with Gasteiger partial charge in [0.25, 0.3) is 0 Å². The predicted molar refractivity (Wildman–Crippen MR) is 134 cm³/mol. The van der Waals surface area contributed by atoms with Crippen LogP contribution in [0.5, 0.6) is 0 Å². The fourth-order valence-electron chi connectivity index (χ4n) is 4.68. The van der Waals surface area contributed by atoms with Gasteiger partial charge in [-0.1, -0.05) is 16.8 Å².